The standard InChI is InChI=1S/C25H26N6O3/c1-15-22(9-8-19(23(15)33)21(32)11-25(2,3)4)34-14-18-12-27-20(13-26-18)16-6-5-7-17(10-16)24-28-30-31-29-24/h5-10,12-13,33H,11,14H2,1-4H3,(H,28,29,30,31). The van der Waals surface area contributed by atoms with Gasteiger partial charge >= 0.3 is 0 Å². The van der Waals surface area contributed by atoms with Crippen molar-refractivity contribution in [3.05, 3.63) is 65.6 Å². The molecule has 0 saturated heterocycles. The fraction of sp³-hybridized carbons (Fsp3) is 0.280. The molecule has 0 atom stereocenters. The maximum atomic E-state index is 12.5. The predicted molar refractivity (Wildman–Crippen MR) is 126 cm³/mol. The smallest absolute Gasteiger partial charge is 0.204 e. The highest BCUT2D eigenvalue weighted by Gasteiger charge is 2.21. The Morgan fingerprint density at radius 1 is 1.09 bits per heavy atom. The lowest BCUT2D eigenvalue weighted by Crippen LogP contribution is -2.13. The van der Waals surface area contributed by atoms with Crippen LogP contribution in [-0.4, -0.2) is 41.5 Å². The van der Waals surface area contributed by atoms with Crippen molar-refractivity contribution in [2.45, 2.75) is 40.7 Å². The molecular weight excluding hydrogens is 432 g/mol. The fourth-order valence-corrected chi connectivity index (χ4v) is 3.47. The Labute approximate surface area is 197 Å². The summed E-state index contributed by atoms with van der Waals surface area (Å²) in [5.74, 6) is 0.854. The number of aromatic nitrogens is 6. The van der Waals surface area contributed by atoms with Crippen LogP contribution >= 0.6 is 0 Å². The van der Waals surface area contributed by atoms with E-state index < -0.39 is 0 Å². The predicted octanol–water partition coefficient (Wildman–Crippen LogP) is 4.54. The molecule has 9 nitrogen and oxygen atoms in total. The van der Waals surface area contributed by atoms with Gasteiger partial charge in [-0.15, -0.1) is 10.2 Å². The van der Waals surface area contributed by atoms with Crippen molar-refractivity contribution in [1.29, 1.82) is 0 Å². The molecule has 0 unspecified atom stereocenters. The average molecular weight is 459 g/mol. The molecule has 0 amide bonds. The molecule has 0 saturated carbocycles. The van der Waals surface area contributed by atoms with Crippen LogP contribution in [0.2, 0.25) is 0 Å². The number of carbonyl (C=O) groups is 1. The van der Waals surface area contributed by atoms with Gasteiger partial charge in [0.2, 0.25) is 5.82 Å². The zero-order valence-electron chi connectivity index (χ0n) is 19.5. The summed E-state index contributed by atoms with van der Waals surface area (Å²) in [7, 11) is 0. The Hall–Kier alpha value is -4.14. The largest absolute Gasteiger partial charge is 0.507 e. The van der Waals surface area contributed by atoms with Crippen LogP contribution in [0.1, 0.15) is 48.8 Å². The number of phenols is 1. The van der Waals surface area contributed by atoms with Crippen LogP contribution in [0.4, 0.5) is 0 Å². The molecule has 0 fully saturated rings. The van der Waals surface area contributed by atoms with E-state index in [-0.39, 0.29) is 23.6 Å². The van der Waals surface area contributed by atoms with Crippen molar-refractivity contribution >= 4 is 5.78 Å². The number of aromatic hydroxyl groups is 1. The SMILES string of the molecule is Cc1c(OCc2cnc(-c3cccc(-c4nn[nH]n4)c3)cn2)ccc(C(=O)CC(C)(C)C)c1O. The minimum Gasteiger partial charge on any atom is -0.507 e. The first-order valence-corrected chi connectivity index (χ1v) is 10.8. The minimum absolute atomic E-state index is 0.0466. The molecule has 34 heavy (non-hydrogen) atoms. The van der Waals surface area contributed by atoms with Gasteiger partial charge < -0.3 is 9.84 Å². The number of rotatable bonds is 7. The molecule has 0 aliphatic heterocycles. The van der Waals surface area contributed by atoms with Gasteiger partial charge in [-0.05, 0) is 35.8 Å². The second-order valence-corrected chi connectivity index (χ2v) is 9.24. The first-order chi connectivity index (χ1) is 16.2. The molecule has 9 heteroatoms. The first-order valence-electron chi connectivity index (χ1n) is 10.8. The van der Waals surface area contributed by atoms with Crippen molar-refractivity contribution in [2.24, 2.45) is 5.41 Å². The van der Waals surface area contributed by atoms with Crippen LogP contribution in [0, 0.1) is 12.3 Å². The maximum Gasteiger partial charge on any atom is 0.204 e. The zero-order chi connectivity index (χ0) is 24.3. The Morgan fingerprint density at radius 2 is 1.88 bits per heavy atom. The molecule has 2 heterocycles. The third-order valence-corrected chi connectivity index (χ3v) is 5.22. The number of nitrogens with zero attached hydrogens (tertiary/aromatic N) is 5. The Bertz CT molecular complexity index is 1300. The highest BCUT2D eigenvalue weighted by molar-refractivity contribution is 5.99. The minimum atomic E-state index is -0.161. The maximum absolute atomic E-state index is 12.5. The molecule has 2 aromatic heterocycles. The number of H-pyrrole nitrogens is 1. The normalized spacial score (nSPS) is 11.4. The summed E-state index contributed by atoms with van der Waals surface area (Å²) in [4.78, 5) is 21.5. The topological polar surface area (TPSA) is 127 Å². The quantitative estimate of drug-likeness (QED) is 0.387. The number of aromatic amines is 1. The Balaban J connectivity index is 1.44. The summed E-state index contributed by atoms with van der Waals surface area (Å²) in [6, 6.07) is 10.9. The number of benzene rings is 2. The molecule has 2 N–H and O–H groups in total. The number of carbonyl (C=O) groups excluding carboxylic acids is 1. The molecule has 0 spiro atoms. The number of tetrazole rings is 1. The van der Waals surface area contributed by atoms with Crippen molar-refractivity contribution < 1.29 is 14.6 Å². The van der Waals surface area contributed by atoms with E-state index in [1.54, 1.807) is 31.5 Å². The van der Waals surface area contributed by atoms with E-state index in [2.05, 4.69) is 30.6 Å². The highest BCUT2D eigenvalue weighted by atomic mass is 16.5. The third-order valence-electron chi connectivity index (χ3n) is 5.22. The number of phenolic OH excluding ortho intramolecular Hbond substituents is 1. The van der Waals surface area contributed by atoms with E-state index in [1.165, 1.54) is 0 Å². The van der Waals surface area contributed by atoms with Crippen molar-refractivity contribution in [3.8, 4) is 34.1 Å². The van der Waals surface area contributed by atoms with Gasteiger partial charge in [-0.1, -0.05) is 39.0 Å². The average Bonchev–Trinajstić information content (AvgIpc) is 3.34. The van der Waals surface area contributed by atoms with Crippen LogP contribution in [0.5, 0.6) is 11.5 Å². The number of ether oxygens (including phenoxy) is 1. The van der Waals surface area contributed by atoms with E-state index in [9.17, 15) is 9.90 Å². The third kappa shape index (κ3) is 5.25. The molecule has 0 bridgehead atoms. The summed E-state index contributed by atoms with van der Waals surface area (Å²) < 4.78 is 5.85. The fourth-order valence-electron chi connectivity index (χ4n) is 3.47. The van der Waals surface area contributed by atoms with E-state index >= 15 is 0 Å². The van der Waals surface area contributed by atoms with Gasteiger partial charge in [0, 0.05) is 23.1 Å². The van der Waals surface area contributed by atoms with Crippen LogP contribution < -0.4 is 4.74 Å². The summed E-state index contributed by atoms with van der Waals surface area (Å²) in [6.45, 7) is 7.87. The highest BCUT2D eigenvalue weighted by Crippen LogP contribution is 2.33. The second-order valence-electron chi connectivity index (χ2n) is 9.24. The molecule has 0 aliphatic rings. The second kappa shape index (κ2) is 9.38. The summed E-state index contributed by atoms with van der Waals surface area (Å²) in [5, 5.41) is 24.6. The van der Waals surface area contributed by atoms with Crippen LogP contribution in [0.15, 0.2) is 48.8 Å². The number of Topliss-reactive ketones (excluding diaryl/α,β-unsaturated/α-hetero) is 1. The van der Waals surface area contributed by atoms with Gasteiger partial charge in [-0.3, -0.25) is 14.8 Å². The Kier molecular flexibility index (Phi) is 6.36. The molecule has 0 aliphatic carbocycles. The lowest BCUT2D eigenvalue weighted by molar-refractivity contribution is 0.0937. The molecule has 2 aromatic carbocycles. The van der Waals surface area contributed by atoms with Crippen LogP contribution in [0.3, 0.4) is 0 Å². The number of hydrogen-bond donors (Lipinski definition) is 2. The molecule has 174 valence electrons. The Morgan fingerprint density at radius 3 is 2.56 bits per heavy atom. The van der Waals surface area contributed by atoms with Crippen molar-refractivity contribution in [3.63, 3.8) is 0 Å². The van der Waals surface area contributed by atoms with Gasteiger partial charge in [0.05, 0.1) is 29.3 Å². The van der Waals surface area contributed by atoms with E-state index in [0.29, 0.717) is 40.5 Å². The van der Waals surface area contributed by atoms with Gasteiger partial charge in [0.15, 0.2) is 5.78 Å². The van der Waals surface area contributed by atoms with E-state index in [4.69, 9.17) is 4.74 Å². The number of hydrogen-bond acceptors (Lipinski definition) is 8. The lowest BCUT2D eigenvalue weighted by atomic mass is 9.87. The van der Waals surface area contributed by atoms with Gasteiger partial charge in [0.1, 0.15) is 18.1 Å². The van der Waals surface area contributed by atoms with Crippen molar-refractivity contribution in [2.75, 3.05) is 0 Å². The number of ketones is 1. The number of nitrogens with one attached hydrogen (secondary N) is 1. The monoisotopic (exact) mass is 458 g/mol. The van der Waals surface area contributed by atoms with Gasteiger partial charge in [-0.25, -0.2) is 0 Å². The van der Waals surface area contributed by atoms with Crippen LogP contribution in [-0.2, 0) is 6.61 Å². The molecule has 0 radical (unpaired) electrons. The molecule has 4 rings (SSSR count). The lowest BCUT2D eigenvalue weighted by Gasteiger charge is -2.18. The summed E-state index contributed by atoms with van der Waals surface area (Å²) in [5.41, 5.74) is 3.69. The molecular formula is C25H26N6O3. The summed E-state index contributed by atoms with van der Waals surface area (Å²) in [6.07, 6.45) is 3.67. The zero-order valence-corrected chi connectivity index (χ0v) is 19.5. The van der Waals surface area contributed by atoms with Gasteiger partial charge in [0.25, 0.3) is 0 Å². The first kappa shape index (κ1) is 23.0. The summed E-state index contributed by atoms with van der Waals surface area (Å²) >= 11 is 0. The van der Waals surface area contributed by atoms with E-state index in [0.717, 1.165) is 11.1 Å². The van der Waals surface area contributed by atoms with Crippen LogP contribution in [0.25, 0.3) is 22.6 Å². The molecule has 4 aromatic rings. The van der Waals surface area contributed by atoms with E-state index in [1.807, 2.05) is 45.0 Å². The van der Waals surface area contributed by atoms with Gasteiger partial charge in [-0.2, -0.15) is 5.21 Å². The van der Waals surface area contributed by atoms with Crippen molar-refractivity contribution in [1.82, 2.24) is 30.6 Å².